The van der Waals surface area contributed by atoms with E-state index in [1.54, 1.807) is 37.4 Å². The van der Waals surface area contributed by atoms with Gasteiger partial charge in [-0.2, -0.15) is 0 Å². The molecule has 2 N–H and O–H groups in total. The van der Waals surface area contributed by atoms with Crippen LogP contribution in [0.15, 0.2) is 52.9 Å². The Balaban J connectivity index is 1.83. The van der Waals surface area contributed by atoms with Crippen LogP contribution in [0.2, 0.25) is 0 Å². The number of fused-ring (bicyclic) bond motifs is 1. The maximum atomic E-state index is 12.7. The van der Waals surface area contributed by atoms with Crippen LogP contribution >= 0.6 is 0 Å². The van der Waals surface area contributed by atoms with Crippen molar-refractivity contribution in [1.82, 2.24) is 5.32 Å². The lowest BCUT2D eigenvalue weighted by atomic mass is 10.1. The number of hydrogen-bond donors (Lipinski definition) is 2. The molecule has 1 amide bonds. The molecule has 0 unspecified atom stereocenters. The SMILES string of the molecule is COCc1c(C(=O)NCc2ccccc2NS(C)(=O)=O)oc2ccccc12. The van der Waals surface area contributed by atoms with Crippen molar-refractivity contribution in [3.63, 3.8) is 0 Å². The molecule has 0 radical (unpaired) electrons. The fraction of sp³-hybridized carbons (Fsp3) is 0.211. The number of carbonyl (C=O) groups excluding carboxylic acids is 1. The van der Waals surface area contributed by atoms with E-state index >= 15 is 0 Å². The summed E-state index contributed by atoms with van der Waals surface area (Å²) in [6.07, 6.45) is 1.08. The second kappa shape index (κ2) is 7.81. The molecular formula is C19H20N2O5S. The van der Waals surface area contributed by atoms with Crippen LogP contribution < -0.4 is 10.0 Å². The van der Waals surface area contributed by atoms with E-state index in [-0.39, 0.29) is 18.9 Å². The molecule has 0 fully saturated rings. The number of amides is 1. The first-order valence-electron chi connectivity index (χ1n) is 8.22. The standard InChI is InChI=1S/C19H20N2O5S/c1-25-12-15-14-8-4-6-10-17(14)26-18(15)19(22)20-11-13-7-3-5-9-16(13)21-27(2,23)24/h3-10,21H,11-12H2,1-2H3,(H,20,22). The average molecular weight is 388 g/mol. The smallest absolute Gasteiger partial charge is 0.287 e. The Morgan fingerprint density at radius 2 is 1.81 bits per heavy atom. The number of para-hydroxylation sites is 2. The van der Waals surface area contributed by atoms with Crippen molar-refractivity contribution in [3.05, 3.63) is 65.4 Å². The summed E-state index contributed by atoms with van der Waals surface area (Å²) in [5.74, 6) is -0.209. The summed E-state index contributed by atoms with van der Waals surface area (Å²) in [5.41, 5.74) is 2.34. The van der Waals surface area contributed by atoms with Gasteiger partial charge < -0.3 is 14.5 Å². The third kappa shape index (κ3) is 4.47. The number of anilines is 1. The number of carbonyl (C=O) groups is 1. The largest absolute Gasteiger partial charge is 0.451 e. The van der Waals surface area contributed by atoms with Gasteiger partial charge in [-0.05, 0) is 17.7 Å². The third-order valence-electron chi connectivity index (χ3n) is 3.95. The van der Waals surface area contributed by atoms with E-state index in [0.717, 1.165) is 11.6 Å². The molecule has 3 aromatic rings. The second-order valence-electron chi connectivity index (χ2n) is 6.05. The third-order valence-corrected chi connectivity index (χ3v) is 4.54. The molecule has 8 heteroatoms. The Hall–Kier alpha value is -2.84. The maximum Gasteiger partial charge on any atom is 0.287 e. The highest BCUT2D eigenvalue weighted by Gasteiger charge is 2.20. The highest BCUT2D eigenvalue weighted by atomic mass is 32.2. The first-order chi connectivity index (χ1) is 12.9. The van der Waals surface area contributed by atoms with Crippen LogP contribution in [0.25, 0.3) is 11.0 Å². The van der Waals surface area contributed by atoms with Crippen molar-refractivity contribution in [2.75, 3.05) is 18.1 Å². The Morgan fingerprint density at radius 1 is 1.11 bits per heavy atom. The molecule has 7 nitrogen and oxygen atoms in total. The average Bonchev–Trinajstić information content (AvgIpc) is 2.99. The van der Waals surface area contributed by atoms with Crippen molar-refractivity contribution in [3.8, 4) is 0 Å². The topological polar surface area (TPSA) is 97.6 Å². The quantitative estimate of drug-likeness (QED) is 0.649. The number of benzene rings is 2. The summed E-state index contributed by atoms with van der Waals surface area (Å²) in [5, 5.41) is 3.60. The van der Waals surface area contributed by atoms with Crippen LogP contribution in [-0.2, 0) is 27.9 Å². The summed E-state index contributed by atoms with van der Waals surface area (Å²) in [7, 11) is -1.87. The number of nitrogens with one attached hydrogen (secondary N) is 2. The van der Waals surface area contributed by atoms with E-state index in [0.29, 0.717) is 22.4 Å². The zero-order chi connectivity index (χ0) is 19.4. The molecule has 1 aromatic heterocycles. The van der Waals surface area contributed by atoms with E-state index in [9.17, 15) is 13.2 Å². The van der Waals surface area contributed by atoms with E-state index in [4.69, 9.17) is 9.15 Å². The van der Waals surface area contributed by atoms with E-state index < -0.39 is 15.9 Å². The zero-order valence-electron chi connectivity index (χ0n) is 15.0. The fourth-order valence-electron chi connectivity index (χ4n) is 2.80. The molecule has 0 saturated carbocycles. The number of hydrogen-bond acceptors (Lipinski definition) is 5. The number of furan rings is 1. The highest BCUT2D eigenvalue weighted by molar-refractivity contribution is 7.92. The van der Waals surface area contributed by atoms with Gasteiger partial charge in [0.1, 0.15) is 5.58 Å². The molecule has 0 bridgehead atoms. The predicted molar refractivity (Wildman–Crippen MR) is 103 cm³/mol. The van der Waals surface area contributed by atoms with Gasteiger partial charge in [-0.15, -0.1) is 0 Å². The van der Waals surface area contributed by atoms with Gasteiger partial charge in [-0.25, -0.2) is 8.42 Å². The molecule has 0 spiro atoms. The molecule has 0 aliphatic carbocycles. The van der Waals surface area contributed by atoms with Crippen molar-refractivity contribution in [2.24, 2.45) is 0 Å². The zero-order valence-corrected chi connectivity index (χ0v) is 15.8. The molecule has 2 aromatic carbocycles. The molecule has 1 heterocycles. The van der Waals surface area contributed by atoms with Gasteiger partial charge in [0.05, 0.1) is 18.6 Å². The Morgan fingerprint density at radius 3 is 2.56 bits per heavy atom. The normalized spacial score (nSPS) is 11.5. The molecule has 3 rings (SSSR count). The minimum atomic E-state index is -3.42. The minimum absolute atomic E-state index is 0.140. The Kier molecular flexibility index (Phi) is 5.48. The van der Waals surface area contributed by atoms with Crippen LogP contribution in [0.4, 0.5) is 5.69 Å². The highest BCUT2D eigenvalue weighted by Crippen LogP contribution is 2.26. The molecular weight excluding hydrogens is 368 g/mol. The summed E-state index contributed by atoms with van der Waals surface area (Å²) < 4.78 is 36.4. The van der Waals surface area contributed by atoms with Crippen LogP contribution in [0.1, 0.15) is 21.7 Å². The van der Waals surface area contributed by atoms with Gasteiger partial charge in [0.25, 0.3) is 5.91 Å². The summed E-state index contributed by atoms with van der Waals surface area (Å²) >= 11 is 0. The molecule has 0 aliphatic heterocycles. The monoisotopic (exact) mass is 388 g/mol. The number of rotatable bonds is 7. The minimum Gasteiger partial charge on any atom is -0.451 e. The predicted octanol–water partition coefficient (Wildman–Crippen LogP) is 2.88. The molecule has 27 heavy (non-hydrogen) atoms. The summed E-state index contributed by atoms with van der Waals surface area (Å²) in [4.78, 5) is 12.7. The van der Waals surface area contributed by atoms with Crippen molar-refractivity contribution < 1.29 is 22.4 Å². The lowest BCUT2D eigenvalue weighted by Gasteiger charge is -2.11. The summed E-state index contributed by atoms with van der Waals surface area (Å²) in [6.45, 7) is 0.382. The van der Waals surface area contributed by atoms with E-state index in [2.05, 4.69) is 10.0 Å². The van der Waals surface area contributed by atoms with E-state index in [1.807, 2.05) is 18.2 Å². The Bertz CT molecular complexity index is 1070. The van der Waals surface area contributed by atoms with Crippen molar-refractivity contribution in [1.29, 1.82) is 0 Å². The maximum absolute atomic E-state index is 12.7. The van der Waals surface area contributed by atoms with Gasteiger partial charge in [0, 0.05) is 24.6 Å². The van der Waals surface area contributed by atoms with Crippen LogP contribution in [0, 0.1) is 0 Å². The number of ether oxygens (including phenoxy) is 1. The molecule has 0 atom stereocenters. The van der Waals surface area contributed by atoms with Crippen LogP contribution in [-0.4, -0.2) is 27.7 Å². The van der Waals surface area contributed by atoms with Gasteiger partial charge >= 0.3 is 0 Å². The lowest BCUT2D eigenvalue weighted by molar-refractivity contribution is 0.0919. The van der Waals surface area contributed by atoms with Crippen LogP contribution in [0.5, 0.6) is 0 Å². The number of sulfonamides is 1. The first-order valence-corrected chi connectivity index (χ1v) is 10.1. The Labute approximate surface area is 157 Å². The van der Waals surface area contributed by atoms with E-state index in [1.165, 1.54) is 0 Å². The van der Waals surface area contributed by atoms with Gasteiger partial charge in [0.15, 0.2) is 5.76 Å². The van der Waals surface area contributed by atoms with Gasteiger partial charge in [-0.3, -0.25) is 9.52 Å². The van der Waals surface area contributed by atoms with Gasteiger partial charge in [0.2, 0.25) is 10.0 Å². The van der Waals surface area contributed by atoms with Crippen molar-refractivity contribution >= 4 is 32.6 Å². The first kappa shape index (κ1) is 18.9. The number of methoxy groups -OCH3 is 1. The molecule has 142 valence electrons. The van der Waals surface area contributed by atoms with Gasteiger partial charge in [-0.1, -0.05) is 36.4 Å². The lowest BCUT2D eigenvalue weighted by Crippen LogP contribution is -2.24. The second-order valence-corrected chi connectivity index (χ2v) is 7.80. The molecule has 0 aliphatic rings. The van der Waals surface area contributed by atoms with Crippen LogP contribution in [0.3, 0.4) is 0 Å². The van der Waals surface area contributed by atoms with Crippen molar-refractivity contribution in [2.45, 2.75) is 13.2 Å². The summed E-state index contributed by atoms with van der Waals surface area (Å²) in [6, 6.07) is 14.2. The molecule has 0 saturated heterocycles. The fourth-order valence-corrected chi connectivity index (χ4v) is 3.40.